The van der Waals surface area contributed by atoms with Crippen molar-refractivity contribution in [2.45, 2.75) is 111 Å². The zero-order valence-corrected chi connectivity index (χ0v) is 30.4. The minimum absolute atomic E-state index is 0. The van der Waals surface area contributed by atoms with Crippen LogP contribution in [-0.4, -0.2) is 10.7 Å². The largest absolute Gasteiger partial charge is 0.205 e. The monoisotopic (exact) mass is 736 g/mol. The van der Waals surface area contributed by atoms with E-state index in [4.69, 9.17) is 0 Å². The maximum absolute atomic E-state index is 3.47. The van der Waals surface area contributed by atoms with E-state index in [1.54, 1.807) is 0 Å². The molecule has 0 unspecified atom stereocenters. The van der Waals surface area contributed by atoms with Crippen LogP contribution >= 0.6 is 31.9 Å². The second kappa shape index (κ2) is 24.0. The predicted octanol–water partition coefficient (Wildman–Crippen LogP) is 10.7. The molecule has 0 bridgehead atoms. The first-order chi connectivity index (χ1) is 21.6. The Kier molecular flexibility index (Phi) is 20.7. The molecule has 0 aliphatic rings. The average molecular weight is 739 g/mol. The topological polar surface area (TPSA) is 7.76 Å². The summed E-state index contributed by atoms with van der Waals surface area (Å²) in [6.07, 6.45) is 23.6. The Hall–Kier alpha value is -2.30. The van der Waals surface area contributed by atoms with Crippen molar-refractivity contribution in [2.24, 2.45) is 0 Å². The summed E-state index contributed by atoms with van der Waals surface area (Å²) in [5.41, 5.74) is 8.53. The molecule has 0 N–H and O–H groups in total. The summed E-state index contributed by atoms with van der Waals surface area (Å²) in [5.74, 6) is 0. The Balaban J connectivity index is 0.000000355. The number of aromatic nitrogens is 2. The van der Waals surface area contributed by atoms with E-state index in [9.17, 15) is 0 Å². The first-order valence-corrected chi connectivity index (χ1v) is 19.0. The van der Waals surface area contributed by atoms with Crippen molar-refractivity contribution in [3.8, 4) is 0 Å². The lowest BCUT2D eigenvalue weighted by molar-refractivity contribution is -0.697. The van der Waals surface area contributed by atoms with Gasteiger partial charge in [-0.15, -0.1) is 0 Å². The molecular formula is C41H58Br2N2+2. The van der Waals surface area contributed by atoms with Gasteiger partial charge in [0.05, 0.1) is 0 Å². The van der Waals surface area contributed by atoms with Gasteiger partial charge in [0.1, 0.15) is 13.1 Å². The molecule has 0 saturated heterocycles. The van der Waals surface area contributed by atoms with Gasteiger partial charge in [-0.2, -0.15) is 0 Å². The number of alkyl halides is 2. The van der Waals surface area contributed by atoms with Crippen LogP contribution in [-0.2, 0) is 38.8 Å². The Labute approximate surface area is 292 Å². The fraction of sp³-hybridized carbons (Fsp3) is 0.463. The van der Waals surface area contributed by atoms with E-state index in [1.807, 2.05) is 0 Å². The lowest BCUT2D eigenvalue weighted by atomic mass is 10.0. The summed E-state index contributed by atoms with van der Waals surface area (Å²) >= 11 is 6.93. The summed E-state index contributed by atoms with van der Waals surface area (Å²) in [5, 5.41) is 2.25. The van der Waals surface area contributed by atoms with E-state index in [0.29, 0.717) is 0 Å². The average Bonchev–Trinajstić information content (AvgIpc) is 3.05. The van der Waals surface area contributed by atoms with Crippen LogP contribution in [0, 0.1) is 13.8 Å². The van der Waals surface area contributed by atoms with Crippen molar-refractivity contribution in [3.05, 3.63) is 131 Å². The summed E-state index contributed by atoms with van der Waals surface area (Å²) in [6.45, 7) is 6.49. The van der Waals surface area contributed by atoms with Gasteiger partial charge in [0.2, 0.25) is 0 Å². The number of unbranched alkanes of at least 4 members (excludes halogenated alkanes) is 4. The summed E-state index contributed by atoms with van der Waals surface area (Å²) < 4.78 is 4.57. The zero-order chi connectivity index (χ0) is 31.2. The molecule has 0 aliphatic carbocycles. The van der Waals surface area contributed by atoms with Crippen molar-refractivity contribution in [1.82, 2.24) is 0 Å². The number of hydrogen-bond acceptors (Lipinski definition) is 0. The van der Waals surface area contributed by atoms with Crippen LogP contribution in [0.3, 0.4) is 0 Å². The third-order valence-corrected chi connectivity index (χ3v) is 9.24. The molecular weight excluding hydrogens is 680 g/mol. The second-order valence-corrected chi connectivity index (χ2v) is 13.7. The van der Waals surface area contributed by atoms with Crippen LogP contribution in [0.4, 0.5) is 0 Å². The first kappa shape index (κ1) is 38.9. The molecule has 0 radical (unpaired) electrons. The Morgan fingerprint density at radius 2 is 0.667 bits per heavy atom. The van der Waals surface area contributed by atoms with Crippen molar-refractivity contribution < 1.29 is 9.13 Å². The molecule has 0 saturated carbocycles. The first-order valence-electron chi connectivity index (χ1n) is 16.7. The van der Waals surface area contributed by atoms with Gasteiger partial charge in [-0.1, -0.05) is 87.8 Å². The molecule has 0 amide bonds. The number of aryl methyl sites for hydroxylation is 8. The van der Waals surface area contributed by atoms with Gasteiger partial charge in [0, 0.05) is 47.8 Å². The molecule has 2 aromatic heterocycles. The number of pyridine rings is 2. The van der Waals surface area contributed by atoms with E-state index >= 15 is 0 Å². The standard InChI is InChI=1S/C26H34N2.C14H20Br2.CH4/c1-23-13-19-27(20-14-23)17-5-3-7-25-9-11-26(12-10-25)8-4-6-18-28-21-15-24(2)16-22-28;15-11-3-1-5-13-7-9-14(10-8-13)6-2-4-12-16;/h9-16,19-22H,3-8,17-18H2,1-2H3;7-10H,1-6,11-12H2;1H4/q+2;;. The van der Waals surface area contributed by atoms with Crippen LogP contribution in [0.5, 0.6) is 0 Å². The molecule has 0 fully saturated rings. The molecule has 2 nitrogen and oxygen atoms in total. The van der Waals surface area contributed by atoms with E-state index in [1.165, 1.54) is 110 Å². The van der Waals surface area contributed by atoms with Crippen LogP contribution in [0.25, 0.3) is 0 Å². The molecule has 2 aromatic carbocycles. The normalized spacial score (nSPS) is 10.6. The molecule has 2 heterocycles. The highest BCUT2D eigenvalue weighted by Gasteiger charge is 2.03. The van der Waals surface area contributed by atoms with Crippen LogP contribution in [0.2, 0.25) is 0 Å². The molecule has 0 atom stereocenters. The van der Waals surface area contributed by atoms with Crippen molar-refractivity contribution in [2.75, 3.05) is 10.7 Å². The Morgan fingerprint density at radius 1 is 0.400 bits per heavy atom. The number of benzene rings is 2. The molecule has 0 aliphatic heterocycles. The highest BCUT2D eigenvalue weighted by molar-refractivity contribution is 9.09. The van der Waals surface area contributed by atoms with Gasteiger partial charge in [0.15, 0.2) is 24.8 Å². The van der Waals surface area contributed by atoms with E-state index in [0.717, 1.165) is 23.7 Å². The fourth-order valence-corrected chi connectivity index (χ4v) is 5.99. The van der Waals surface area contributed by atoms with Crippen LogP contribution in [0.15, 0.2) is 97.6 Å². The Morgan fingerprint density at radius 3 is 0.933 bits per heavy atom. The third-order valence-electron chi connectivity index (χ3n) is 8.12. The number of rotatable bonds is 18. The fourth-order valence-electron chi connectivity index (χ4n) is 5.20. The SMILES string of the molecule is BrCCCCc1ccc(CCCCBr)cc1.C.Cc1cc[n+](CCCCc2ccc(CCCC[n+]3ccc(C)cc3)cc2)cc1. The molecule has 4 rings (SSSR count). The lowest BCUT2D eigenvalue weighted by Crippen LogP contribution is -2.32. The molecule has 0 spiro atoms. The number of nitrogens with zero attached hydrogens (tertiary/aromatic N) is 2. The van der Waals surface area contributed by atoms with Crippen molar-refractivity contribution in [1.29, 1.82) is 0 Å². The molecule has 4 heteroatoms. The summed E-state index contributed by atoms with van der Waals surface area (Å²) in [4.78, 5) is 0. The second-order valence-electron chi connectivity index (χ2n) is 12.1. The van der Waals surface area contributed by atoms with Gasteiger partial charge in [-0.3, -0.25) is 0 Å². The Bertz CT molecular complexity index is 1170. The van der Waals surface area contributed by atoms with E-state index < -0.39 is 0 Å². The minimum atomic E-state index is 0. The maximum Gasteiger partial charge on any atom is 0.169 e. The molecule has 45 heavy (non-hydrogen) atoms. The van der Waals surface area contributed by atoms with Gasteiger partial charge >= 0.3 is 0 Å². The van der Waals surface area contributed by atoms with Gasteiger partial charge < -0.3 is 0 Å². The lowest BCUT2D eigenvalue weighted by Gasteiger charge is -2.04. The highest BCUT2D eigenvalue weighted by Crippen LogP contribution is 2.12. The number of hydrogen-bond donors (Lipinski definition) is 0. The number of halogens is 2. The highest BCUT2D eigenvalue weighted by atomic mass is 79.9. The van der Waals surface area contributed by atoms with Crippen molar-refractivity contribution in [3.63, 3.8) is 0 Å². The van der Waals surface area contributed by atoms with Gasteiger partial charge in [0.25, 0.3) is 0 Å². The molecule has 4 aromatic rings. The van der Waals surface area contributed by atoms with E-state index in [2.05, 4.69) is 152 Å². The van der Waals surface area contributed by atoms with Crippen molar-refractivity contribution >= 4 is 31.9 Å². The van der Waals surface area contributed by atoms with Crippen LogP contribution in [0.1, 0.15) is 92.2 Å². The van der Waals surface area contributed by atoms with E-state index in [-0.39, 0.29) is 7.43 Å². The third kappa shape index (κ3) is 17.3. The van der Waals surface area contributed by atoms with Gasteiger partial charge in [-0.05, 0) is 111 Å². The molecule has 244 valence electrons. The minimum Gasteiger partial charge on any atom is -0.205 e. The maximum atomic E-state index is 3.47. The summed E-state index contributed by atoms with van der Waals surface area (Å²) in [7, 11) is 0. The predicted molar refractivity (Wildman–Crippen MR) is 202 cm³/mol. The van der Waals surface area contributed by atoms with Crippen LogP contribution < -0.4 is 9.13 Å². The summed E-state index contributed by atoms with van der Waals surface area (Å²) in [6, 6.07) is 27.2. The zero-order valence-electron chi connectivity index (χ0n) is 27.2. The van der Waals surface area contributed by atoms with Gasteiger partial charge in [-0.25, -0.2) is 9.13 Å². The quantitative estimate of drug-likeness (QED) is 0.0546. The smallest absolute Gasteiger partial charge is 0.169 e.